The minimum Gasteiger partial charge on any atom is -0.357 e. The maximum absolute atomic E-state index is 12.4. The Bertz CT molecular complexity index is 587. The molecule has 7 heteroatoms. The smallest absolute Gasteiger partial charge is 0.225 e. The van der Waals surface area contributed by atoms with Crippen LogP contribution in [0.15, 0.2) is 17.1 Å². The lowest BCUT2D eigenvalue weighted by Gasteiger charge is -2.38. The van der Waals surface area contributed by atoms with Gasteiger partial charge in [0.25, 0.3) is 0 Å². The number of carbonyl (C=O) groups excluding carboxylic acids is 1. The molecule has 0 aromatic rings. The maximum Gasteiger partial charge on any atom is 0.225 e. The number of hydrogen-bond acceptors (Lipinski definition) is 4. The van der Waals surface area contributed by atoms with Gasteiger partial charge in [0.05, 0.1) is 6.54 Å². The van der Waals surface area contributed by atoms with Crippen LogP contribution in [0.5, 0.6) is 0 Å². The first kappa shape index (κ1) is 23.1. The molecule has 0 aromatic heterocycles. The number of piperidine rings is 1. The second-order valence-corrected chi connectivity index (χ2v) is 9.21. The summed E-state index contributed by atoms with van der Waals surface area (Å²) in [6.45, 7) is 17.8. The van der Waals surface area contributed by atoms with Crippen LogP contribution >= 0.6 is 0 Å². The first-order valence-corrected chi connectivity index (χ1v) is 12.0. The lowest BCUT2D eigenvalue weighted by molar-refractivity contribution is -0.139. The second kappa shape index (κ2) is 11.7. The van der Waals surface area contributed by atoms with E-state index in [0.29, 0.717) is 17.9 Å². The number of hydrogen-bond donors (Lipinski definition) is 2. The predicted molar refractivity (Wildman–Crippen MR) is 124 cm³/mol. The molecule has 0 spiro atoms. The van der Waals surface area contributed by atoms with E-state index in [2.05, 4.69) is 45.8 Å². The van der Waals surface area contributed by atoms with Crippen molar-refractivity contribution in [3.05, 3.63) is 12.2 Å². The van der Waals surface area contributed by atoms with Crippen LogP contribution in [0.4, 0.5) is 0 Å². The van der Waals surface area contributed by atoms with E-state index in [1.54, 1.807) is 0 Å². The van der Waals surface area contributed by atoms with E-state index in [0.717, 1.165) is 97.1 Å². The Hall–Kier alpha value is -1.60. The van der Waals surface area contributed by atoms with Gasteiger partial charge in [-0.2, -0.15) is 0 Å². The van der Waals surface area contributed by atoms with Crippen molar-refractivity contribution in [2.45, 2.75) is 52.0 Å². The zero-order valence-corrected chi connectivity index (χ0v) is 19.2. The molecule has 3 fully saturated rings. The zero-order valence-electron chi connectivity index (χ0n) is 19.2. The van der Waals surface area contributed by atoms with E-state index in [1.165, 1.54) is 12.0 Å². The lowest BCUT2D eigenvalue weighted by Crippen LogP contribution is -2.51. The molecule has 1 saturated carbocycles. The van der Waals surface area contributed by atoms with Crippen molar-refractivity contribution in [1.29, 1.82) is 0 Å². The van der Waals surface area contributed by atoms with Crippen molar-refractivity contribution < 1.29 is 4.79 Å². The molecule has 0 radical (unpaired) electrons. The maximum atomic E-state index is 12.4. The number of aliphatic imine (C=N–C) groups is 1. The predicted octanol–water partition coefficient (Wildman–Crippen LogP) is 1.53. The third-order valence-electron chi connectivity index (χ3n) is 6.59. The van der Waals surface area contributed by atoms with Gasteiger partial charge in [-0.05, 0) is 39.5 Å². The van der Waals surface area contributed by atoms with Crippen LogP contribution in [-0.4, -0.2) is 98.1 Å². The van der Waals surface area contributed by atoms with Gasteiger partial charge in [0.1, 0.15) is 0 Å². The minimum absolute atomic E-state index is 0.322. The molecule has 3 rings (SSSR count). The SMILES string of the molecule is C=C(C)CN1CCC(NC(=NCCN2CCN(C(=O)C3CCC3)CC2)NCC)CC1. The number of rotatable bonds is 8. The number of piperazine rings is 1. The minimum atomic E-state index is 0.322. The quantitative estimate of drug-likeness (QED) is 0.356. The Morgan fingerprint density at radius 3 is 2.30 bits per heavy atom. The summed E-state index contributed by atoms with van der Waals surface area (Å²) < 4.78 is 0. The zero-order chi connectivity index (χ0) is 21.3. The molecule has 0 atom stereocenters. The van der Waals surface area contributed by atoms with Crippen LogP contribution in [0.2, 0.25) is 0 Å². The van der Waals surface area contributed by atoms with Crippen molar-refractivity contribution in [3.63, 3.8) is 0 Å². The number of likely N-dealkylation sites (tertiary alicyclic amines) is 1. The molecule has 1 aliphatic carbocycles. The molecule has 30 heavy (non-hydrogen) atoms. The van der Waals surface area contributed by atoms with Gasteiger partial charge >= 0.3 is 0 Å². The fourth-order valence-corrected chi connectivity index (χ4v) is 4.54. The van der Waals surface area contributed by atoms with Gasteiger partial charge in [-0.3, -0.25) is 19.6 Å². The monoisotopic (exact) mass is 418 g/mol. The molecular formula is C23H42N6O. The Kier molecular flexibility index (Phi) is 9.00. The normalized spacial score (nSPS) is 22.6. The molecule has 0 aromatic carbocycles. The fourth-order valence-electron chi connectivity index (χ4n) is 4.54. The van der Waals surface area contributed by atoms with Crippen LogP contribution in [0.3, 0.4) is 0 Å². The number of amides is 1. The van der Waals surface area contributed by atoms with E-state index in [4.69, 9.17) is 4.99 Å². The standard InChI is InChI=1S/C23H42N6O/c1-4-24-23(26-21-8-11-28(12-9-21)18-19(2)3)25-10-13-27-14-16-29(17-15-27)22(30)20-6-5-7-20/h20-21H,2,4-18H2,1,3H3,(H2,24,25,26). The Morgan fingerprint density at radius 2 is 1.73 bits per heavy atom. The molecule has 0 bridgehead atoms. The summed E-state index contributed by atoms with van der Waals surface area (Å²) in [7, 11) is 0. The highest BCUT2D eigenvalue weighted by atomic mass is 16.2. The highest BCUT2D eigenvalue weighted by Crippen LogP contribution is 2.28. The van der Waals surface area contributed by atoms with Crippen molar-refractivity contribution >= 4 is 11.9 Å². The summed E-state index contributed by atoms with van der Waals surface area (Å²) in [6.07, 6.45) is 5.72. The fraction of sp³-hybridized carbons (Fsp3) is 0.826. The second-order valence-electron chi connectivity index (χ2n) is 9.21. The van der Waals surface area contributed by atoms with E-state index < -0.39 is 0 Å². The van der Waals surface area contributed by atoms with E-state index in [1.807, 2.05) is 0 Å². The molecule has 7 nitrogen and oxygen atoms in total. The largest absolute Gasteiger partial charge is 0.357 e. The van der Waals surface area contributed by atoms with E-state index >= 15 is 0 Å². The number of nitrogens with zero attached hydrogens (tertiary/aromatic N) is 4. The topological polar surface area (TPSA) is 63.2 Å². The molecule has 2 aliphatic heterocycles. The van der Waals surface area contributed by atoms with Crippen molar-refractivity contribution in [2.75, 3.05) is 65.4 Å². The third-order valence-corrected chi connectivity index (χ3v) is 6.59. The molecule has 3 aliphatic rings. The summed E-state index contributed by atoms with van der Waals surface area (Å²) in [4.78, 5) is 24.2. The molecule has 170 valence electrons. The molecule has 2 N–H and O–H groups in total. The van der Waals surface area contributed by atoms with Crippen molar-refractivity contribution in [2.24, 2.45) is 10.9 Å². The van der Waals surface area contributed by atoms with Crippen LogP contribution in [0.25, 0.3) is 0 Å². The van der Waals surface area contributed by atoms with Gasteiger partial charge in [-0.25, -0.2) is 0 Å². The summed E-state index contributed by atoms with van der Waals surface area (Å²) in [5.41, 5.74) is 1.24. The summed E-state index contributed by atoms with van der Waals surface area (Å²) in [5.74, 6) is 1.66. The molecule has 1 amide bonds. The lowest BCUT2D eigenvalue weighted by atomic mass is 9.84. The summed E-state index contributed by atoms with van der Waals surface area (Å²) in [6, 6.07) is 0.491. The summed E-state index contributed by atoms with van der Waals surface area (Å²) >= 11 is 0. The van der Waals surface area contributed by atoms with Gasteiger partial charge < -0.3 is 15.5 Å². The van der Waals surface area contributed by atoms with Crippen molar-refractivity contribution in [3.8, 4) is 0 Å². The third kappa shape index (κ3) is 6.98. The highest BCUT2D eigenvalue weighted by Gasteiger charge is 2.31. The Morgan fingerprint density at radius 1 is 1.03 bits per heavy atom. The average Bonchev–Trinajstić information content (AvgIpc) is 2.68. The molecule has 2 saturated heterocycles. The highest BCUT2D eigenvalue weighted by molar-refractivity contribution is 5.80. The van der Waals surface area contributed by atoms with Gasteiger partial charge in [0.15, 0.2) is 5.96 Å². The van der Waals surface area contributed by atoms with Crippen molar-refractivity contribution in [1.82, 2.24) is 25.3 Å². The first-order valence-electron chi connectivity index (χ1n) is 12.0. The van der Waals surface area contributed by atoms with Gasteiger partial charge in [-0.15, -0.1) is 0 Å². The van der Waals surface area contributed by atoms with Crippen LogP contribution < -0.4 is 10.6 Å². The number of carbonyl (C=O) groups is 1. The van der Waals surface area contributed by atoms with Crippen LogP contribution in [0, 0.1) is 5.92 Å². The number of nitrogens with one attached hydrogen (secondary N) is 2. The van der Waals surface area contributed by atoms with Crippen LogP contribution in [0.1, 0.15) is 46.0 Å². The van der Waals surface area contributed by atoms with Gasteiger partial charge in [0, 0.05) is 70.9 Å². The first-order chi connectivity index (χ1) is 14.5. The van der Waals surface area contributed by atoms with Gasteiger partial charge in [-0.1, -0.05) is 18.6 Å². The molecular weight excluding hydrogens is 376 g/mol. The molecule has 0 unspecified atom stereocenters. The Labute approximate surface area is 182 Å². The van der Waals surface area contributed by atoms with E-state index in [9.17, 15) is 4.79 Å². The summed E-state index contributed by atoms with van der Waals surface area (Å²) in [5, 5.41) is 7.03. The molecule has 2 heterocycles. The van der Waals surface area contributed by atoms with Gasteiger partial charge in [0.2, 0.25) is 5.91 Å². The Balaban J connectivity index is 1.36. The average molecular weight is 419 g/mol. The van der Waals surface area contributed by atoms with Crippen LogP contribution in [-0.2, 0) is 4.79 Å². The van der Waals surface area contributed by atoms with E-state index in [-0.39, 0.29) is 0 Å². The number of guanidine groups is 1.